The Morgan fingerprint density at radius 2 is 2.00 bits per heavy atom. The van der Waals surface area contributed by atoms with Gasteiger partial charge in [0.25, 0.3) is 5.91 Å². The van der Waals surface area contributed by atoms with Crippen molar-refractivity contribution in [3.05, 3.63) is 52.5 Å². The minimum atomic E-state index is -0.177. The first-order chi connectivity index (χ1) is 9.63. The molecule has 0 saturated heterocycles. The van der Waals surface area contributed by atoms with Gasteiger partial charge in [-0.05, 0) is 34.1 Å². The van der Waals surface area contributed by atoms with Crippen molar-refractivity contribution >= 4 is 44.5 Å². The number of nitrogens with two attached hydrogens (primary N) is 1. The number of benzene rings is 1. The number of nitrogens with one attached hydrogen (secondary N) is 2. The number of amides is 1. The third kappa shape index (κ3) is 2.37. The number of pyridine rings is 1. The Morgan fingerprint density at radius 3 is 2.75 bits per heavy atom. The van der Waals surface area contributed by atoms with Crippen LogP contribution < -0.4 is 11.1 Å². The molecule has 0 saturated carbocycles. The zero-order chi connectivity index (χ0) is 14.1. The number of hydrogen-bond donors (Lipinski definition) is 3. The lowest BCUT2D eigenvalue weighted by Crippen LogP contribution is -2.11. The minimum absolute atomic E-state index is 0.177. The molecule has 5 nitrogen and oxygen atoms in total. The first-order valence-corrected chi connectivity index (χ1v) is 6.74. The number of aromatic amines is 1. The summed E-state index contributed by atoms with van der Waals surface area (Å²) in [6, 6.07) is 12.6. The Labute approximate surface area is 123 Å². The molecule has 3 aromatic rings. The average molecular weight is 331 g/mol. The molecule has 2 heterocycles. The molecule has 0 radical (unpaired) electrons. The van der Waals surface area contributed by atoms with E-state index in [2.05, 4.69) is 31.2 Å². The summed E-state index contributed by atoms with van der Waals surface area (Å²) < 4.78 is 0.716. The van der Waals surface area contributed by atoms with Crippen LogP contribution in [-0.4, -0.2) is 15.9 Å². The molecule has 1 amide bonds. The number of aromatic nitrogens is 2. The number of H-pyrrole nitrogens is 1. The van der Waals surface area contributed by atoms with Crippen molar-refractivity contribution in [1.82, 2.24) is 9.97 Å². The second-order valence-corrected chi connectivity index (χ2v) is 5.15. The summed E-state index contributed by atoms with van der Waals surface area (Å²) in [4.78, 5) is 19.3. The van der Waals surface area contributed by atoms with E-state index in [0.29, 0.717) is 27.2 Å². The topological polar surface area (TPSA) is 83.8 Å². The molecule has 1 aromatic carbocycles. The maximum Gasteiger partial charge on any atom is 0.256 e. The normalized spacial score (nSPS) is 10.7. The van der Waals surface area contributed by atoms with E-state index in [1.54, 1.807) is 18.2 Å². The van der Waals surface area contributed by atoms with Gasteiger partial charge >= 0.3 is 0 Å². The average Bonchev–Trinajstić information content (AvgIpc) is 2.81. The van der Waals surface area contributed by atoms with Gasteiger partial charge in [-0.15, -0.1) is 0 Å². The number of nitrogen functional groups attached to an aromatic ring is 1. The van der Waals surface area contributed by atoms with E-state index in [-0.39, 0.29) is 5.91 Å². The molecule has 0 atom stereocenters. The predicted octanol–water partition coefficient (Wildman–Crippen LogP) is 3.16. The lowest BCUT2D eigenvalue weighted by molar-refractivity contribution is 0.102. The van der Waals surface area contributed by atoms with E-state index in [9.17, 15) is 4.79 Å². The molecule has 100 valence electrons. The number of carbonyl (C=O) groups excluding carboxylic acids is 1. The molecular formula is C14H11BrN4O. The number of halogens is 1. The Kier molecular flexibility index (Phi) is 3.15. The molecule has 0 aliphatic rings. The van der Waals surface area contributed by atoms with Crippen LogP contribution >= 0.6 is 15.9 Å². The fourth-order valence-electron chi connectivity index (χ4n) is 1.90. The maximum atomic E-state index is 12.0. The third-order valence-electron chi connectivity index (χ3n) is 2.87. The quantitative estimate of drug-likeness (QED) is 0.674. The van der Waals surface area contributed by atoms with Crippen molar-refractivity contribution in [2.75, 3.05) is 11.1 Å². The van der Waals surface area contributed by atoms with Crippen molar-refractivity contribution in [3.63, 3.8) is 0 Å². The van der Waals surface area contributed by atoms with Crippen LogP contribution in [0.1, 0.15) is 10.4 Å². The van der Waals surface area contributed by atoms with E-state index in [1.807, 2.05) is 24.3 Å². The van der Waals surface area contributed by atoms with E-state index in [0.717, 1.165) is 5.52 Å². The molecule has 4 N–H and O–H groups in total. The Morgan fingerprint density at radius 1 is 1.25 bits per heavy atom. The minimum Gasteiger partial charge on any atom is -0.383 e. The lowest BCUT2D eigenvalue weighted by atomic mass is 10.2. The molecule has 0 fully saturated rings. The highest BCUT2D eigenvalue weighted by atomic mass is 79.9. The van der Waals surface area contributed by atoms with Gasteiger partial charge in [0.15, 0.2) is 0 Å². The lowest BCUT2D eigenvalue weighted by Gasteiger charge is -2.01. The van der Waals surface area contributed by atoms with Gasteiger partial charge in [-0.2, -0.15) is 0 Å². The van der Waals surface area contributed by atoms with Crippen LogP contribution in [0.3, 0.4) is 0 Å². The van der Waals surface area contributed by atoms with Crippen LogP contribution in [0, 0.1) is 0 Å². The number of nitrogens with zero attached hydrogens (tertiary/aromatic N) is 1. The standard InChI is InChI=1S/C14H11BrN4O/c15-9-6-10-11(18-13(9)16)7-12(17-10)19-14(20)8-4-2-1-3-5-8/h1-7,17H,(H2,16,18)(H,19,20). The zero-order valence-electron chi connectivity index (χ0n) is 10.4. The van der Waals surface area contributed by atoms with Gasteiger partial charge < -0.3 is 16.0 Å². The van der Waals surface area contributed by atoms with Gasteiger partial charge in [0.05, 0.1) is 15.5 Å². The smallest absolute Gasteiger partial charge is 0.256 e. The monoisotopic (exact) mass is 330 g/mol. The van der Waals surface area contributed by atoms with Crippen molar-refractivity contribution in [2.24, 2.45) is 0 Å². The van der Waals surface area contributed by atoms with Gasteiger partial charge in [-0.25, -0.2) is 4.98 Å². The van der Waals surface area contributed by atoms with E-state index in [1.165, 1.54) is 0 Å². The summed E-state index contributed by atoms with van der Waals surface area (Å²) in [6.07, 6.45) is 0. The second-order valence-electron chi connectivity index (χ2n) is 4.29. The summed E-state index contributed by atoms with van der Waals surface area (Å²) in [5.74, 6) is 0.820. The van der Waals surface area contributed by atoms with Gasteiger partial charge in [0.2, 0.25) is 0 Å². The second kappa shape index (κ2) is 4.97. The van der Waals surface area contributed by atoms with Crippen LogP contribution in [0.4, 0.5) is 11.6 Å². The fraction of sp³-hybridized carbons (Fsp3) is 0. The number of hydrogen-bond acceptors (Lipinski definition) is 3. The first-order valence-electron chi connectivity index (χ1n) is 5.94. The zero-order valence-corrected chi connectivity index (χ0v) is 11.9. The summed E-state index contributed by atoms with van der Waals surface area (Å²) >= 11 is 3.32. The first kappa shape index (κ1) is 12.7. The molecular weight excluding hydrogens is 320 g/mol. The summed E-state index contributed by atoms with van der Waals surface area (Å²) in [6.45, 7) is 0. The molecule has 0 aliphatic carbocycles. The van der Waals surface area contributed by atoms with Crippen LogP contribution in [0.15, 0.2) is 46.9 Å². The summed E-state index contributed by atoms with van der Waals surface area (Å²) in [5, 5.41) is 2.80. The number of rotatable bonds is 2. The third-order valence-corrected chi connectivity index (χ3v) is 3.50. The van der Waals surface area contributed by atoms with Crippen LogP contribution in [0.5, 0.6) is 0 Å². The molecule has 0 unspecified atom stereocenters. The Balaban J connectivity index is 1.90. The summed E-state index contributed by atoms with van der Waals surface area (Å²) in [7, 11) is 0. The molecule has 0 aliphatic heterocycles. The molecule has 2 aromatic heterocycles. The number of anilines is 2. The molecule has 20 heavy (non-hydrogen) atoms. The van der Waals surface area contributed by atoms with Gasteiger partial charge in [-0.1, -0.05) is 18.2 Å². The molecule has 3 rings (SSSR count). The van der Waals surface area contributed by atoms with Crippen molar-refractivity contribution < 1.29 is 4.79 Å². The highest BCUT2D eigenvalue weighted by molar-refractivity contribution is 9.10. The Bertz CT molecular complexity index is 743. The van der Waals surface area contributed by atoms with Gasteiger partial charge in [0.1, 0.15) is 11.6 Å². The van der Waals surface area contributed by atoms with Crippen molar-refractivity contribution in [3.8, 4) is 0 Å². The highest BCUT2D eigenvalue weighted by Gasteiger charge is 2.09. The SMILES string of the molecule is Nc1nc2cc(NC(=O)c3ccccc3)[nH]c2cc1Br. The van der Waals surface area contributed by atoms with Crippen LogP contribution in [-0.2, 0) is 0 Å². The number of fused-ring (bicyclic) bond motifs is 1. The summed E-state index contributed by atoms with van der Waals surface area (Å²) in [5.41, 5.74) is 7.83. The van der Waals surface area contributed by atoms with Crippen molar-refractivity contribution in [2.45, 2.75) is 0 Å². The molecule has 0 bridgehead atoms. The maximum absolute atomic E-state index is 12.0. The van der Waals surface area contributed by atoms with E-state index < -0.39 is 0 Å². The van der Waals surface area contributed by atoms with Gasteiger partial charge in [0, 0.05) is 11.6 Å². The number of carbonyl (C=O) groups is 1. The predicted molar refractivity (Wildman–Crippen MR) is 82.6 cm³/mol. The largest absolute Gasteiger partial charge is 0.383 e. The van der Waals surface area contributed by atoms with E-state index >= 15 is 0 Å². The van der Waals surface area contributed by atoms with Crippen LogP contribution in [0.2, 0.25) is 0 Å². The van der Waals surface area contributed by atoms with Crippen LogP contribution in [0.25, 0.3) is 11.0 Å². The fourth-order valence-corrected chi connectivity index (χ4v) is 2.21. The van der Waals surface area contributed by atoms with Gasteiger partial charge in [-0.3, -0.25) is 4.79 Å². The molecule has 6 heteroatoms. The Hall–Kier alpha value is -2.34. The highest BCUT2D eigenvalue weighted by Crippen LogP contribution is 2.25. The molecule has 0 spiro atoms. The van der Waals surface area contributed by atoms with Crippen molar-refractivity contribution in [1.29, 1.82) is 0 Å². The van der Waals surface area contributed by atoms with E-state index in [4.69, 9.17) is 5.73 Å².